The van der Waals surface area contributed by atoms with Crippen molar-refractivity contribution in [3.8, 4) is 0 Å². The second kappa shape index (κ2) is 8.44. The molecule has 0 saturated carbocycles. The number of amides is 1. The molecule has 3 N–H and O–H groups in total. The highest BCUT2D eigenvalue weighted by atomic mass is 35.5. The van der Waals surface area contributed by atoms with Crippen LogP contribution in [-0.2, 0) is 16.1 Å². The normalized spacial score (nSPS) is 15.8. The standard InChI is InChI=1S/C18H20FN3O3.ClH/c19-14-5-3-13(4-6-14)12-22-9-1-2-15(16(22)23)21-17(24)18(20)7-10-25-11-8-18;/h1-6,9H,7-8,10-12,20H2,(H,21,24);1H. The number of nitrogens with two attached hydrogens (primary N) is 1. The van der Waals surface area contributed by atoms with Gasteiger partial charge < -0.3 is 20.4 Å². The summed E-state index contributed by atoms with van der Waals surface area (Å²) in [4.78, 5) is 25.0. The van der Waals surface area contributed by atoms with Crippen molar-refractivity contribution in [3.63, 3.8) is 0 Å². The molecule has 140 valence electrons. The molecule has 0 radical (unpaired) electrons. The Balaban J connectivity index is 0.00000243. The Morgan fingerprint density at radius 2 is 1.88 bits per heavy atom. The fourth-order valence-electron chi connectivity index (χ4n) is 2.75. The zero-order valence-corrected chi connectivity index (χ0v) is 14.9. The van der Waals surface area contributed by atoms with Crippen LogP contribution in [0.3, 0.4) is 0 Å². The Morgan fingerprint density at radius 3 is 2.54 bits per heavy atom. The molecule has 6 nitrogen and oxygen atoms in total. The molecule has 2 aromatic rings. The van der Waals surface area contributed by atoms with E-state index in [0.717, 1.165) is 5.56 Å². The van der Waals surface area contributed by atoms with Crippen molar-refractivity contribution in [1.82, 2.24) is 4.57 Å². The number of nitrogens with one attached hydrogen (secondary N) is 1. The number of ether oxygens (including phenoxy) is 1. The minimum absolute atomic E-state index is 0. The highest BCUT2D eigenvalue weighted by Gasteiger charge is 2.36. The molecule has 3 rings (SSSR count). The Hall–Kier alpha value is -2.22. The van der Waals surface area contributed by atoms with Gasteiger partial charge in [-0.25, -0.2) is 4.39 Å². The van der Waals surface area contributed by atoms with Crippen LogP contribution < -0.4 is 16.6 Å². The third-order valence-corrected chi connectivity index (χ3v) is 4.37. The van der Waals surface area contributed by atoms with Gasteiger partial charge in [0.15, 0.2) is 0 Å². The predicted octanol–water partition coefficient (Wildman–Crippen LogP) is 1.90. The monoisotopic (exact) mass is 381 g/mol. The third kappa shape index (κ3) is 4.49. The van der Waals surface area contributed by atoms with Crippen molar-refractivity contribution in [1.29, 1.82) is 0 Å². The minimum Gasteiger partial charge on any atom is -0.381 e. The first kappa shape index (κ1) is 20.1. The molecule has 0 spiro atoms. The van der Waals surface area contributed by atoms with E-state index in [-0.39, 0.29) is 41.9 Å². The zero-order valence-electron chi connectivity index (χ0n) is 14.1. The fraction of sp³-hybridized carbons (Fsp3) is 0.333. The van der Waals surface area contributed by atoms with E-state index in [2.05, 4.69) is 5.32 Å². The average molecular weight is 382 g/mol. The second-order valence-electron chi connectivity index (χ2n) is 6.20. The van der Waals surface area contributed by atoms with Gasteiger partial charge in [0.2, 0.25) is 5.91 Å². The van der Waals surface area contributed by atoms with Gasteiger partial charge in [-0.05, 0) is 42.7 Å². The van der Waals surface area contributed by atoms with Crippen molar-refractivity contribution >= 4 is 24.0 Å². The Bertz CT molecular complexity index is 817. The van der Waals surface area contributed by atoms with Crippen LogP contribution in [0.2, 0.25) is 0 Å². The summed E-state index contributed by atoms with van der Waals surface area (Å²) in [6.07, 6.45) is 2.44. The highest BCUT2D eigenvalue weighted by Crippen LogP contribution is 2.19. The van der Waals surface area contributed by atoms with E-state index in [0.29, 0.717) is 26.1 Å². The van der Waals surface area contributed by atoms with Crippen molar-refractivity contribution < 1.29 is 13.9 Å². The van der Waals surface area contributed by atoms with Gasteiger partial charge in [-0.1, -0.05) is 12.1 Å². The molecule has 2 heterocycles. The van der Waals surface area contributed by atoms with Gasteiger partial charge in [-0.3, -0.25) is 9.59 Å². The smallest absolute Gasteiger partial charge is 0.274 e. The molecule has 1 saturated heterocycles. The maximum atomic E-state index is 13.0. The summed E-state index contributed by atoms with van der Waals surface area (Å²) in [6.45, 7) is 1.13. The molecule has 1 aromatic heterocycles. The van der Waals surface area contributed by atoms with Crippen LogP contribution in [0, 0.1) is 5.82 Å². The van der Waals surface area contributed by atoms with Gasteiger partial charge in [0, 0.05) is 19.4 Å². The molecule has 1 aliphatic heterocycles. The van der Waals surface area contributed by atoms with E-state index in [1.807, 2.05) is 0 Å². The Kier molecular flexibility index (Phi) is 6.52. The van der Waals surface area contributed by atoms with Crippen molar-refractivity contribution in [3.05, 3.63) is 64.3 Å². The lowest BCUT2D eigenvalue weighted by atomic mass is 9.90. The topological polar surface area (TPSA) is 86.4 Å². The van der Waals surface area contributed by atoms with Crippen LogP contribution in [-0.4, -0.2) is 29.2 Å². The van der Waals surface area contributed by atoms with E-state index in [4.69, 9.17) is 10.5 Å². The summed E-state index contributed by atoms with van der Waals surface area (Å²) in [5, 5.41) is 2.64. The van der Waals surface area contributed by atoms with Crippen LogP contribution in [0.5, 0.6) is 0 Å². The number of nitrogens with zero attached hydrogens (tertiary/aromatic N) is 1. The number of carbonyl (C=O) groups is 1. The quantitative estimate of drug-likeness (QED) is 0.847. The number of anilines is 1. The lowest BCUT2D eigenvalue weighted by Crippen LogP contribution is -2.55. The third-order valence-electron chi connectivity index (χ3n) is 4.37. The number of hydrogen-bond acceptors (Lipinski definition) is 4. The average Bonchev–Trinajstić information content (AvgIpc) is 2.61. The number of aromatic nitrogens is 1. The Morgan fingerprint density at radius 1 is 1.23 bits per heavy atom. The lowest BCUT2D eigenvalue weighted by molar-refractivity contribution is -0.124. The fourth-order valence-corrected chi connectivity index (χ4v) is 2.75. The summed E-state index contributed by atoms with van der Waals surface area (Å²) < 4.78 is 19.7. The molecule has 1 aromatic carbocycles. The molecular formula is C18H21ClFN3O3. The van der Waals surface area contributed by atoms with Gasteiger partial charge in [0.1, 0.15) is 17.0 Å². The number of hydrogen-bond donors (Lipinski definition) is 2. The zero-order chi connectivity index (χ0) is 17.9. The first-order valence-corrected chi connectivity index (χ1v) is 8.10. The summed E-state index contributed by atoms with van der Waals surface area (Å²) >= 11 is 0. The first-order valence-electron chi connectivity index (χ1n) is 8.10. The maximum Gasteiger partial charge on any atom is 0.274 e. The minimum atomic E-state index is -1.03. The second-order valence-corrected chi connectivity index (χ2v) is 6.20. The molecule has 1 amide bonds. The number of carbonyl (C=O) groups excluding carboxylic acids is 1. The number of pyridine rings is 1. The number of rotatable bonds is 4. The van der Waals surface area contributed by atoms with Crippen molar-refractivity contribution in [2.45, 2.75) is 24.9 Å². The van der Waals surface area contributed by atoms with Crippen LogP contribution in [0.25, 0.3) is 0 Å². The molecule has 0 bridgehead atoms. The highest BCUT2D eigenvalue weighted by molar-refractivity contribution is 5.97. The van der Waals surface area contributed by atoms with Crippen LogP contribution in [0.1, 0.15) is 18.4 Å². The van der Waals surface area contributed by atoms with E-state index in [9.17, 15) is 14.0 Å². The molecule has 26 heavy (non-hydrogen) atoms. The first-order chi connectivity index (χ1) is 12.0. The van der Waals surface area contributed by atoms with Crippen LogP contribution in [0.4, 0.5) is 10.1 Å². The number of halogens is 2. The molecule has 0 atom stereocenters. The van der Waals surface area contributed by atoms with Crippen LogP contribution in [0.15, 0.2) is 47.4 Å². The van der Waals surface area contributed by atoms with E-state index >= 15 is 0 Å². The largest absolute Gasteiger partial charge is 0.381 e. The van der Waals surface area contributed by atoms with Crippen LogP contribution >= 0.6 is 12.4 Å². The van der Waals surface area contributed by atoms with E-state index < -0.39 is 5.54 Å². The number of benzene rings is 1. The lowest BCUT2D eigenvalue weighted by Gasteiger charge is -2.31. The van der Waals surface area contributed by atoms with E-state index in [1.54, 1.807) is 30.5 Å². The SMILES string of the molecule is Cl.NC1(C(=O)Nc2cccn(Cc3ccc(F)cc3)c2=O)CCOCC1. The summed E-state index contributed by atoms with van der Waals surface area (Å²) in [7, 11) is 0. The van der Waals surface area contributed by atoms with Gasteiger partial charge in [0.25, 0.3) is 5.56 Å². The summed E-state index contributed by atoms with van der Waals surface area (Å²) in [6, 6.07) is 9.14. The van der Waals surface area contributed by atoms with Gasteiger partial charge in [0.05, 0.1) is 6.54 Å². The molecule has 1 aliphatic rings. The summed E-state index contributed by atoms with van der Waals surface area (Å²) in [5.74, 6) is -0.714. The van der Waals surface area contributed by atoms with Crippen molar-refractivity contribution in [2.24, 2.45) is 5.73 Å². The predicted molar refractivity (Wildman–Crippen MR) is 99.1 cm³/mol. The maximum absolute atomic E-state index is 13.0. The van der Waals surface area contributed by atoms with Crippen molar-refractivity contribution in [2.75, 3.05) is 18.5 Å². The Labute approximate surface area is 156 Å². The molecule has 0 aliphatic carbocycles. The van der Waals surface area contributed by atoms with Gasteiger partial charge >= 0.3 is 0 Å². The van der Waals surface area contributed by atoms with Gasteiger partial charge in [-0.2, -0.15) is 0 Å². The molecule has 0 unspecified atom stereocenters. The summed E-state index contributed by atoms with van der Waals surface area (Å²) in [5.41, 5.74) is 5.73. The molecular weight excluding hydrogens is 361 g/mol. The van der Waals surface area contributed by atoms with Gasteiger partial charge in [-0.15, -0.1) is 12.4 Å². The molecule has 1 fully saturated rings. The van der Waals surface area contributed by atoms with E-state index in [1.165, 1.54) is 16.7 Å². The molecule has 8 heteroatoms.